The summed E-state index contributed by atoms with van der Waals surface area (Å²) in [6.07, 6.45) is 3.84. The van der Waals surface area contributed by atoms with Crippen LogP contribution < -0.4 is 5.73 Å². The number of fused-ring (bicyclic) bond motifs is 1. The standard InChI is InChI=1S/C9H11N3/c1-7-2-3-9-8(4-10)11-6-12(9)5-7/h2-3,5-6H,4,10H2,1H3. The van der Waals surface area contributed by atoms with Crippen molar-refractivity contribution in [2.24, 2.45) is 5.73 Å². The van der Waals surface area contributed by atoms with E-state index in [1.807, 2.05) is 16.7 Å². The molecule has 0 saturated carbocycles. The van der Waals surface area contributed by atoms with Gasteiger partial charge in [-0.05, 0) is 18.6 Å². The van der Waals surface area contributed by atoms with E-state index in [0.717, 1.165) is 11.2 Å². The van der Waals surface area contributed by atoms with E-state index >= 15 is 0 Å². The quantitative estimate of drug-likeness (QED) is 0.680. The van der Waals surface area contributed by atoms with Crippen molar-refractivity contribution in [3.8, 4) is 0 Å². The highest BCUT2D eigenvalue weighted by Gasteiger charge is 2.00. The summed E-state index contributed by atoms with van der Waals surface area (Å²) in [7, 11) is 0. The normalized spacial score (nSPS) is 10.8. The molecule has 2 aromatic heterocycles. The molecule has 0 aliphatic rings. The summed E-state index contributed by atoms with van der Waals surface area (Å²) >= 11 is 0. The summed E-state index contributed by atoms with van der Waals surface area (Å²) in [4.78, 5) is 4.19. The van der Waals surface area contributed by atoms with Crippen LogP contribution in [0.3, 0.4) is 0 Å². The molecule has 62 valence electrons. The van der Waals surface area contributed by atoms with Crippen molar-refractivity contribution in [2.45, 2.75) is 13.5 Å². The lowest BCUT2D eigenvalue weighted by Gasteiger charge is -1.96. The molecule has 0 fully saturated rings. The van der Waals surface area contributed by atoms with Gasteiger partial charge in [-0.15, -0.1) is 0 Å². The molecular weight excluding hydrogens is 150 g/mol. The highest BCUT2D eigenvalue weighted by molar-refractivity contribution is 5.52. The lowest BCUT2D eigenvalue weighted by atomic mass is 10.3. The second-order valence-corrected chi connectivity index (χ2v) is 2.89. The van der Waals surface area contributed by atoms with Crippen LogP contribution in [0.4, 0.5) is 0 Å². The van der Waals surface area contributed by atoms with Crippen molar-refractivity contribution in [3.63, 3.8) is 0 Å². The summed E-state index contributed by atoms with van der Waals surface area (Å²) in [5.41, 5.74) is 8.80. The largest absolute Gasteiger partial charge is 0.325 e. The van der Waals surface area contributed by atoms with Crippen LogP contribution >= 0.6 is 0 Å². The molecule has 3 nitrogen and oxygen atoms in total. The van der Waals surface area contributed by atoms with Crippen molar-refractivity contribution in [3.05, 3.63) is 35.9 Å². The first-order chi connectivity index (χ1) is 5.81. The minimum absolute atomic E-state index is 0.500. The molecule has 2 rings (SSSR count). The van der Waals surface area contributed by atoms with Crippen LogP contribution in [0.5, 0.6) is 0 Å². The van der Waals surface area contributed by atoms with Crippen LogP contribution in [0.25, 0.3) is 5.52 Å². The number of hydrogen-bond acceptors (Lipinski definition) is 2. The molecule has 0 bridgehead atoms. The summed E-state index contributed by atoms with van der Waals surface area (Å²) in [6.45, 7) is 2.56. The third kappa shape index (κ3) is 0.987. The van der Waals surface area contributed by atoms with Gasteiger partial charge in [0.1, 0.15) is 0 Å². The van der Waals surface area contributed by atoms with Gasteiger partial charge in [-0.3, -0.25) is 0 Å². The molecule has 0 radical (unpaired) electrons. The Morgan fingerprint density at radius 1 is 1.50 bits per heavy atom. The van der Waals surface area contributed by atoms with E-state index in [0.29, 0.717) is 6.54 Å². The fraction of sp³-hybridized carbons (Fsp3) is 0.222. The van der Waals surface area contributed by atoms with Crippen molar-refractivity contribution >= 4 is 5.52 Å². The predicted octanol–water partition coefficient (Wildman–Crippen LogP) is 1.10. The van der Waals surface area contributed by atoms with Gasteiger partial charge in [-0.1, -0.05) is 6.07 Å². The van der Waals surface area contributed by atoms with E-state index < -0.39 is 0 Å². The lowest BCUT2D eigenvalue weighted by molar-refractivity contribution is 1.02. The Hall–Kier alpha value is -1.35. The summed E-state index contributed by atoms with van der Waals surface area (Å²) in [6, 6.07) is 4.11. The average molecular weight is 161 g/mol. The molecule has 0 aliphatic carbocycles. The first-order valence-corrected chi connectivity index (χ1v) is 3.93. The van der Waals surface area contributed by atoms with E-state index in [9.17, 15) is 0 Å². The minimum Gasteiger partial charge on any atom is -0.325 e. The Morgan fingerprint density at radius 2 is 2.33 bits per heavy atom. The number of nitrogens with two attached hydrogens (primary N) is 1. The molecule has 0 aliphatic heterocycles. The minimum atomic E-state index is 0.500. The SMILES string of the molecule is Cc1ccc2c(CN)ncn2c1. The van der Waals surface area contributed by atoms with Gasteiger partial charge in [0.15, 0.2) is 0 Å². The number of imidazole rings is 1. The third-order valence-electron chi connectivity index (χ3n) is 1.95. The number of nitrogens with zero attached hydrogens (tertiary/aromatic N) is 2. The van der Waals surface area contributed by atoms with Gasteiger partial charge in [0.2, 0.25) is 0 Å². The number of pyridine rings is 1. The van der Waals surface area contributed by atoms with Gasteiger partial charge in [0.25, 0.3) is 0 Å². The van der Waals surface area contributed by atoms with E-state index in [4.69, 9.17) is 5.73 Å². The second kappa shape index (κ2) is 2.60. The molecule has 0 spiro atoms. The number of hydrogen-bond donors (Lipinski definition) is 1. The number of aryl methyl sites for hydroxylation is 1. The van der Waals surface area contributed by atoms with Crippen LogP contribution in [0, 0.1) is 6.92 Å². The predicted molar refractivity (Wildman–Crippen MR) is 47.8 cm³/mol. The van der Waals surface area contributed by atoms with E-state index in [1.54, 1.807) is 6.33 Å². The number of rotatable bonds is 1. The molecule has 0 amide bonds. The van der Waals surface area contributed by atoms with Crippen LogP contribution in [0.15, 0.2) is 24.7 Å². The monoisotopic (exact) mass is 161 g/mol. The Balaban J connectivity index is 2.73. The maximum absolute atomic E-state index is 5.52. The molecule has 0 atom stereocenters. The molecule has 0 unspecified atom stereocenters. The Morgan fingerprint density at radius 3 is 3.08 bits per heavy atom. The molecule has 2 N–H and O–H groups in total. The lowest BCUT2D eigenvalue weighted by Crippen LogP contribution is -1.96. The second-order valence-electron chi connectivity index (χ2n) is 2.89. The van der Waals surface area contributed by atoms with Gasteiger partial charge in [-0.2, -0.15) is 0 Å². The molecule has 3 heteroatoms. The maximum atomic E-state index is 5.52. The molecule has 12 heavy (non-hydrogen) atoms. The summed E-state index contributed by atoms with van der Waals surface area (Å²) < 4.78 is 2.00. The van der Waals surface area contributed by atoms with Gasteiger partial charge in [0, 0.05) is 12.7 Å². The average Bonchev–Trinajstić information content (AvgIpc) is 2.46. The van der Waals surface area contributed by atoms with Crippen LogP contribution in [0.1, 0.15) is 11.3 Å². The summed E-state index contributed by atoms with van der Waals surface area (Å²) in [5, 5.41) is 0. The fourth-order valence-corrected chi connectivity index (χ4v) is 1.32. The van der Waals surface area contributed by atoms with Crippen LogP contribution in [-0.2, 0) is 6.54 Å². The zero-order valence-electron chi connectivity index (χ0n) is 6.99. The first kappa shape index (κ1) is 7.31. The molecule has 2 aromatic rings. The Bertz CT molecular complexity index is 403. The Kier molecular flexibility index (Phi) is 1.59. The fourth-order valence-electron chi connectivity index (χ4n) is 1.32. The molecular formula is C9H11N3. The number of aromatic nitrogens is 2. The highest BCUT2D eigenvalue weighted by atomic mass is 15.0. The topological polar surface area (TPSA) is 43.3 Å². The highest BCUT2D eigenvalue weighted by Crippen LogP contribution is 2.09. The van der Waals surface area contributed by atoms with Crippen molar-refractivity contribution in [1.82, 2.24) is 9.38 Å². The van der Waals surface area contributed by atoms with Crippen molar-refractivity contribution in [2.75, 3.05) is 0 Å². The van der Waals surface area contributed by atoms with Crippen LogP contribution in [0.2, 0.25) is 0 Å². The first-order valence-electron chi connectivity index (χ1n) is 3.93. The van der Waals surface area contributed by atoms with Crippen molar-refractivity contribution < 1.29 is 0 Å². The Labute approximate surface area is 70.8 Å². The van der Waals surface area contributed by atoms with Gasteiger partial charge in [-0.25, -0.2) is 4.98 Å². The van der Waals surface area contributed by atoms with Gasteiger partial charge in [0.05, 0.1) is 17.5 Å². The maximum Gasteiger partial charge on any atom is 0.0996 e. The molecule has 0 aromatic carbocycles. The zero-order chi connectivity index (χ0) is 8.55. The van der Waals surface area contributed by atoms with E-state index in [-0.39, 0.29) is 0 Å². The van der Waals surface area contributed by atoms with E-state index in [2.05, 4.69) is 18.0 Å². The van der Waals surface area contributed by atoms with Gasteiger partial charge < -0.3 is 10.1 Å². The molecule has 0 saturated heterocycles. The van der Waals surface area contributed by atoms with Crippen LogP contribution in [-0.4, -0.2) is 9.38 Å². The molecule has 2 heterocycles. The summed E-state index contributed by atoms with van der Waals surface area (Å²) in [5.74, 6) is 0. The third-order valence-corrected chi connectivity index (χ3v) is 1.95. The van der Waals surface area contributed by atoms with E-state index in [1.165, 1.54) is 5.56 Å². The van der Waals surface area contributed by atoms with Crippen molar-refractivity contribution in [1.29, 1.82) is 0 Å². The van der Waals surface area contributed by atoms with Gasteiger partial charge >= 0.3 is 0 Å². The smallest absolute Gasteiger partial charge is 0.0996 e. The zero-order valence-corrected chi connectivity index (χ0v) is 6.99.